The Morgan fingerprint density at radius 1 is 1.73 bits per heavy atom. The zero-order valence-electron chi connectivity index (χ0n) is 9.26. The fourth-order valence-corrected chi connectivity index (χ4v) is 2.19. The second-order valence-electron chi connectivity index (χ2n) is 4.28. The first-order valence-electron chi connectivity index (χ1n) is 5.39. The van der Waals surface area contributed by atoms with Gasteiger partial charge in [0, 0.05) is 38.2 Å². The lowest BCUT2D eigenvalue weighted by molar-refractivity contribution is 0.0994. The summed E-state index contributed by atoms with van der Waals surface area (Å²) in [7, 11) is 1.86. The van der Waals surface area contributed by atoms with Crippen LogP contribution >= 0.6 is 0 Å². The standard InChI is InChI=1S/C10H18N4O/c1-7-9(3-4-15-7)10(11)5-8-6-14(2)13-12-8/h6-7,9-10H,3-5,11H2,1-2H3. The van der Waals surface area contributed by atoms with Gasteiger partial charge in [0.2, 0.25) is 0 Å². The van der Waals surface area contributed by atoms with Gasteiger partial charge in [-0.05, 0) is 13.3 Å². The van der Waals surface area contributed by atoms with Crippen molar-refractivity contribution in [1.29, 1.82) is 0 Å². The van der Waals surface area contributed by atoms with Crippen LogP contribution in [0.25, 0.3) is 0 Å². The van der Waals surface area contributed by atoms with Crippen molar-refractivity contribution in [1.82, 2.24) is 15.0 Å². The van der Waals surface area contributed by atoms with E-state index in [4.69, 9.17) is 10.5 Å². The van der Waals surface area contributed by atoms with E-state index in [1.807, 2.05) is 13.2 Å². The predicted molar refractivity (Wildman–Crippen MR) is 56.2 cm³/mol. The van der Waals surface area contributed by atoms with E-state index in [2.05, 4.69) is 17.2 Å². The monoisotopic (exact) mass is 210 g/mol. The molecule has 1 aromatic rings. The topological polar surface area (TPSA) is 66.0 Å². The van der Waals surface area contributed by atoms with Crippen LogP contribution < -0.4 is 5.73 Å². The lowest BCUT2D eigenvalue weighted by Crippen LogP contribution is -2.36. The van der Waals surface area contributed by atoms with Crippen molar-refractivity contribution in [2.75, 3.05) is 6.61 Å². The molecule has 0 saturated carbocycles. The third-order valence-electron chi connectivity index (χ3n) is 3.08. The Bertz CT molecular complexity index is 325. The number of aromatic nitrogens is 3. The fraction of sp³-hybridized carbons (Fsp3) is 0.800. The largest absolute Gasteiger partial charge is 0.378 e. The van der Waals surface area contributed by atoms with E-state index in [1.165, 1.54) is 0 Å². The molecule has 0 bridgehead atoms. The molecule has 84 valence electrons. The van der Waals surface area contributed by atoms with Crippen LogP contribution in [0, 0.1) is 5.92 Å². The number of hydrogen-bond donors (Lipinski definition) is 1. The number of hydrogen-bond acceptors (Lipinski definition) is 4. The van der Waals surface area contributed by atoms with Crippen LogP contribution in [-0.4, -0.2) is 33.7 Å². The Hall–Kier alpha value is -0.940. The van der Waals surface area contributed by atoms with Crippen molar-refractivity contribution in [2.24, 2.45) is 18.7 Å². The Kier molecular flexibility index (Phi) is 3.02. The van der Waals surface area contributed by atoms with Gasteiger partial charge in [-0.15, -0.1) is 5.10 Å². The van der Waals surface area contributed by atoms with Crippen LogP contribution in [0.1, 0.15) is 19.0 Å². The molecule has 0 radical (unpaired) electrons. The molecule has 1 fully saturated rings. The highest BCUT2D eigenvalue weighted by molar-refractivity contribution is 4.98. The number of nitrogens with two attached hydrogens (primary N) is 1. The minimum atomic E-state index is 0.124. The zero-order valence-corrected chi connectivity index (χ0v) is 9.26. The van der Waals surface area contributed by atoms with Crippen LogP contribution in [0.2, 0.25) is 0 Å². The number of ether oxygens (including phenoxy) is 1. The number of aryl methyl sites for hydroxylation is 1. The van der Waals surface area contributed by atoms with Crippen molar-refractivity contribution in [3.05, 3.63) is 11.9 Å². The average Bonchev–Trinajstić information content (AvgIpc) is 2.75. The second-order valence-corrected chi connectivity index (χ2v) is 4.28. The molecular formula is C10H18N4O. The summed E-state index contributed by atoms with van der Waals surface area (Å²) >= 11 is 0. The summed E-state index contributed by atoms with van der Waals surface area (Å²) in [5.74, 6) is 0.451. The molecule has 1 aliphatic rings. The van der Waals surface area contributed by atoms with Crippen LogP contribution in [0.15, 0.2) is 6.20 Å². The minimum Gasteiger partial charge on any atom is -0.378 e. The molecule has 3 atom stereocenters. The summed E-state index contributed by atoms with van der Waals surface area (Å²) in [5.41, 5.74) is 7.12. The van der Waals surface area contributed by atoms with Gasteiger partial charge < -0.3 is 10.5 Å². The summed E-state index contributed by atoms with van der Waals surface area (Å²) in [6.07, 6.45) is 4.03. The molecule has 5 nitrogen and oxygen atoms in total. The Morgan fingerprint density at radius 2 is 2.53 bits per heavy atom. The van der Waals surface area contributed by atoms with E-state index >= 15 is 0 Å². The van der Waals surface area contributed by atoms with Gasteiger partial charge in [-0.2, -0.15) is 0 Å². The van der Waals surface area contributed by atoms with Crippen molar-refractivity contribution in [2.45, 2.75) is 31.9 Å². The van der Waals surface area contributed by atoms with Gasteiger partial charge in [-0.3, -0.25) is 4.68 Å². The van der Waals surface area contributed by atoms with E-state index < -0.39 is 0 Å². The van der Waals surface area contributed by atoms with E-state index in [0.717, 1.165) is 25.1 Å². The second kappa shape index (κ2) is 4.28. The Balaban J connectivity index is 1.94. The van der Waals surface area contributed by atoms with Gasteiger partial charge in [-0.1, -0.05) is 5.21 Å². The summed E-state index contributed by atoms with van der Waals surface area (Å²) < 4.78 is 7.21. The van der Waals surface area contributed by atoms with Crippen molar-refractivity contribution in [3.8, 4) is 0 Å². The molecule has 3 unspecified atom stereocenters. The maximum Gasteiger partial charge on any atom is 0.0842 e. The van der Waals surface area contributed by atoms with Crippen LogP contribution in [0.3, 0.4) is 0 Å². The van der Waals surface area contributed by atoms with Gasteiger partial charge in [0.1, 0.15) is 0 Å². The smallest absolute Gasteiger partial charge is 0.0842 e. The molecule has 1 aromatic heterocycles. The number of rotatable bonds is 3. The lowest BCUT2D eigenvalue weighted by Gasteiger charge is -2.20. The van der Waals surface area contributed by atoms with Crippen LogP contribution in [0.4, 0.5) is 0 Å². The van der Waals surface area contributed by atoms with Crippen molar-refractivity contribution < 1.29 is 4.74 Å². The molecule has 0 aromatic carbocycles. The van der Waals surface area contributed by atoms with Gasteiger partial charge in [0.25, 0.3) is 0 Å². The first-order valence-corrected chi connectivity index (χ1v) is 5.39. The van der Waals surface area contributed by atoms with E-state index in [-0.39, 0.29) is 12.1 Å². The highest BCUT2D eigenvalue weighted by Gasteiger charge is 2.30. The van der Waals surface area contributed by atoms with Gasteiger partial charge in [0.05, 0.1) is 11.8 Å². The SMILES string of the molecule is CC1OCCC1C(N)Cc1cn(C)nn1. The summed E-state index contributed by atoms with van der Waals surface area (Å²) in [6.45, 7) is 2.92. The van der Waals surface area contributed by atoms with Gasteiger partial charge >= 0.3 is 0 Å². The third-order valence-corrected chi connectivity index (χ3v) is 3.08. The molecule has 2 heterocycles. The maximum atomic E-state index is 6.15. The third kappa shape index (κ3) is 2.35. The first kappa shape index (κ1) is 10.6. The lowest BCUT2D eigenvalue weighted by atomic mass is 9.91. The molecule has 15 heavy (non-hydrogen) atoms. The fourth-order valence-electron chi connectivity index (χ4n) is 2.19. The zero-order chi connectivity index (χ0) is 10.8. The molecule has 2 N–H and O–H groups in total. The molecule has 0 amide bonds. The summed E-state index contributed by atoms with van der Waals surface area (Å²) in [6, 6.07) is 0.124. The van der Waals surface area contributed by atoms with Gasteiger partial charge in [0.15, 0.2) is 0 Å². The highest BCUT2D eigenvalue weighted by atomic mass is 16.5. The molecule has 0 spiro atoms. The van der Waals surface area contributed by atoms with Crippen molar-refractivity contribution in [3.63, 3.8) is 0 Å². The van der Waals surface area contributed by atoms with Crippen LogP contribution in [-0.2, 0) is 18.2 Å². The van der Waals surface area contributed by atoms with Crippen LogP contribution in [0.5, 0.6) is 0 Å². The minimum absolute atomic E-state index is 0.124. The molecule has 1 saturated heterocycles. The number of nitrogens with zero attached hydrogens (tertiary/aromatic N) is 3. The molecule has 1 aliphatic heterocycles. The summed E-state index contributed by atoms with van der Waals surface area (Å²) in [5, 5.41) is 7.94. The average molecular weight is 210 g/mol. The molecule has 5 heteroatoms. The predicted octanol–water partition coefficient (Wildman–Crippen LogP) is 0.110. The normalized spacial score (nSPS) is 28.2. The molecule has 0 aliphatic carbocycles. The summed E-state index contributed by atoms with van der Waals surface area (Å²) in [4.78, 5) is 0. The first-order chi connectivity index (χ1) is 7.16. The quantitative estimate of drug-likeness (QED) is 0.769. The van der Waals surface area contributed by atoms with Gasteiger partial charge in [-0.25, -0.2) is 0 Å². The maximum absolute atomic E-state index is 6.15. The van der Waals surface area contributed by atoms with E-state index in [1.54, 1.807) is 4.68 Å². The molecular weight excluding hydrogens is 192 g/mol. The van der Waals surface area contributed by atoms with Crippen molar-refractivity contribution >= 4 is 0 Å². The highest BCUT2D eigenvalue weighted by Crippen LogP contribution is 2.24. The van der Waals surface area contributed by atoms with E-state index in [9.17, 15) is 0 Å². The Morgan fingerprint density at radius 3 is 3.07 bits per heavy atom. The molecule has 2 rings (SSSR count). The van der Waals surface area contributed by atoms with E-state index in [0.29, 0.717) is 5.92 Å². The Labute approximate surface area is 89.6 Å².